The van der Waals surface area contributed by atoms with Crippen LogP contribution in [0.2, 0.25) is 0 Å². The molecule has 0 aromatic heterocycles. The first-order valence-corrected chi connectivity index (χ1v) is 6.10. The van der Waals surface area contributed by atoms with Crippen molar-refractivity contribution in [2.24, 2.45) is 0 Å². The maximum absolute atomic E-state index is 12.2. The number of methoxy groups -OCH3 is 1. The molecule has 1 aliphatic heterocycles. The Hall–Kier alpha value is -1.39. The molecule has 1 amide bonds. The summed E-state index contributed by atoms with van der Waals surface area (Å²) in [4.78, 5) is 12.2. The van der Waals surface area contributed by atoms with Gasteiger partial charge in [0, 0.05) is 12.7 Å². The van der Waals surface area contributed by atoms with Crippen LogP contribution in [0.5, 0.6) is 0 Å². The predicted molar refractivity (Wildman–Crippen MR) is 68.8 cm³/mol. The molecule has 4 nitrogen and oxygen atoms in total. The minimum atomic E-state index is -0.0672. The quantitative estimate of drug-likeness (QED) is 0.882. The minimum Gasteiger partial charge on any atom is -0.377 e. The first-order valence-electron chi connectivity index (χ1n) is 6.10. The van der Waals surface area contributed by atoms with E-state index in [1.54, 1.807) is 7.11 Å². The second-order valence-electron chi connectivity index (χ2n) is 4.71. The molecule has 1 fully saturated rings. The van der Waals surface area contributed by atoms with E-state index in [1.807, 2.05) is 32.0 Å². The lowest BCUT2D eigenvalue weighted by molar-refractivity contribution is 0.0685. The van der Waals surface area contributed by atoms with E-state index in [2.05, 4.69) is 5.32 Å². The lowest BCUT2D eigenvalue weighted by atomic mass is 10.0. The lowest BCUT2D eigenvalue weighted by Crippen LogP contribution is -2.43. The molecule has 1 aromatic carbocycles. The van der Waals surface area contributed by atoms with Crippen molar-refractivity contribution >= 4 is 5.91 Å². The second kappa shape index (κ2) is 5.50. The van der Waals surface area contributed by atoms with Crippen LogP contribution >= 0.6 is 0 Å². The van der Waals surface area contributed by atoms with Crippen molar-refractivity contribution in [2.45, 2.75) is 26.0 Å². The Labute approximate surface area is 107 Å². The summed E-state index contributed by atoms with van der Waals surface area (Å²) >= 11 is 0. The van der Waals surface area contributed by atoms with Crippen molar-refractivity contribution in [3.63, 3.8) is 0 Å². The van der Waals surface area contributed by atoms with Crippen molar-refractivity contribution in [3.05, 3.63) is 34.9 Å². The molecule has 1 aliphatic rings. The molecule has 0 unspecified atom stereocenters. The van der Waals surface area contributed by atoms with E-state index in [9.17, 15) is 4.79 Å². The molecular formula is C14H19NO3. The Morgan fingerprint density at radius 3 is 2.89 bits per heavy atom. The summed E-state index contributed by atoms with van der Waals surface area (Å²) in [5.74, 6) is -0.0613. The predicted octanol–water partition coefficient (Wildman–Crippen LogP) is 1.45. The molecule has 2 rings (SSSR count). The van der Waals surface area contributed by atoms with Gasteiger partial charge >= 0.3 is 0 Å². The van der Waals surface area contributed by atoms with Crippen molar-refractivity contribution < 1.29 is 14.3 Å². The highest BCUT2D eigenvalue weighted by Crippen LogP contribution is 2.13. The van der Waals surface area contributed by atoms with E-state index in [0.29, 0.717) is 13.2 Å². The molecule has 1 N–H and O–H groups in total. The maximum Gasteiger partial charge on any atom is 0.251 e. The summed E-state index contributed by atoms with van der Waals surface area (Å²) in [6.45, 7) is 4.96. The number of hydrogen-bond donors (Lipinski definition) is 1. The van der Waals surface area contributed by atoms with E-state index in [1.165, 1.54) is 0 Å². The number of carbonyl (C=O) groups is 1. The summed E-state index contributed by atoms with van der Waals surface area (Å²) in [5, 5.41) is 2.98. The zero-order chi connectivity index (χ0) is 13.1. The van der Waals surface area contributed by atoms with Crippen molar-refractivity contribution in [2.75, 3.05) is 20.3 Å². The summed E-state index contributed by atoms with van der Waals surface area (Å²) in [7, 11) is 1.64. The van der Waals surface area contributed by atoms with Crippen LogP contribution in [0.3, 0.4) is 0 Å². The monoisotopic (exact) mass is 249 g/mol. The average Bonchev–Trinajstić information content (AvgIpc) is 2.79. The normalized spacial score (nSPS) is 23.1. The van der Waals surface area contributed by atoms with Crippen molar-refractivity contribution in [3.8, 4) is 0 Å². The minimum absolute atomic E-state index is 0.0564. The Balaban J connectivity index is 2.09. The summed E-state index contributed by atoms with van der Waals surface area (Å²) in [6.07, 6.45) is -0.0564. The summed E-state index contributed by atoms with van der Waals surface area (Å²) in [6, 6.07) is 5.80. The first kappa shape index (κ1) is 13.1. The zero-order valence-corrected chi connectivity index (χ0v) is 11.0. The van der Waals surface area contributed by atoms with E-state index < -0.39 is 0 Å². The third kappa shape index (κ3) is 2.71. The van der Waals surface area contributed by atoms with Crippen LogP contribution in [-0.2, 0) is 9.47 Å². The van der Waals surface area contributed by atoms with Gasteiger partial charge in [0.15, 0.2) is 0 Å². The molecule has 4 heteroatoms. The van der Waals surface area contributed by atoms with Crippen molar-refractivity contribution in [1.29, 1.82) is 0 Å². The molecule has 0 spiro atoms. The average molecular weight is 249 g/mol. The maximum atomic E-state index is 12.2. The molecule has 1 heterocycles. The van der Waals surface area contributed by atoms with Crippen LogP contribution in [0.4, 0.5) is 0 Å². The SMILES string of the molecule is CO[C@H]1COC[C@@H]1NC(=O)c1cc(C)ccc1C. The fourth-order valence-electron chi connectivity index (χ4n) is 2.13. The van der Waals surface area contributed by atoms with Gasteiger partial charge in [-0.15, -0.1) is 0 Å². The number of nitrogens with one attached hydrogen (secondary N) is 1. The summed E-state index contributed by atoms with van der Waals surface area (Å²) in [5.41, 5.74) is 2.78. The standard InChI is InChI=1S/C14H19NO3/c1-9-4-5-10(2)11(6-9)14(16)15-12-7-18-8-13(12)17-3/h4-6,12-13H,7-8H2,1-3H3,(H,15,16)/t12-,13-/m0/s1. The molecule has 0 bridgehead atoms. The van der Waals surface area contributed by atoms with E-state index >= 15 is 0 Å². The van der Waals surface area contributed by atoms with Crippen LogP contribution in [0.1, 0.15) is 21.5 Å². The summed E-state index contributed by atoms with van der Waals surface area (Å²) < 4.78 is 10.6. The van der Waals surface area contributed by atoms with Crippen LogP contribution in [-0.4, -0.2) is 38.4 Å². The van der Waals surface area contributed by atoms with Gasteiger partial charge in [0.1, 0.15) is 6.10 Å². The molecule has 98 valence electrons. The first-order chi connectivity index (χ1) is 8.61. The topological polar surface area (TPSA) is 47.6 Å². The third-order valence-electron chi connectivity index (χ3n) is 3.29. The van der Waals surface area contributed by atoms with Gasteiger partial charge in [0.05, 0.1) is 19.3 Å². The smallest absolute Gasteiger partial charge is 0.251 e. The molecule has 1 saturated heterocycles. The van der Waals surface area contributed by atoms with Crippen molar-refractivity contribution in [1.82, 2.24) is 5.32 Å². The molecule has 0 radical (unpaired) electrons. The third-order valence-corrected chi connectivity index (χ3v) is 3.29. The zero-order valence-electron chi connectivity index (χ0n) is 11.0. The Kier molecular flexibility index (Phi) is 3.99. The molecule has 0 aliphatic carbocycles. The molecular weight excluding hydrogens is 230 g/mol. The Bertz CT molecular complexity index is 445. The number of amides is 1. The van der Waals surface area contributed by atoms with E-state index in [-0.39, 0.29) is 18.1 Å². The number of rotatable bonds is 3. The highest BCUT2D eigenvalue weighted by atomic mass is 16.5. The van der Waals surface area contributed by atoms with Crippen LogP contribution in [0.25, 0.3) is 0 Å². The van der Waals surface area contributed by atoms with Gasteiger partial charge in [0.25, 0.3) is 5.91 Å². The Morgan fingerprint density at radius 2 is 2.17 bits per heavy atom. The highest BCUT2D eigenvalue weighted by molar-refractivity contribution is 5.96. The van der Waals surface area contributed by atoms with E-state index in [0.717, 1.165) is 16.7 Å². The lowest BCUT2D eigenvalue weighted by Gasteiger charge is -2.18. The fraction of sp³-hybridized carbons (Fsp3) is 0.500. The number of aryl methyl sites for hydroxylation is 2. The van der Waals surface area contributed by atoms with Gasteiger partial charge in [-0.25, -0.2) is 0 Å². The van der Waals surface area contributed by atoms with Crippen LogP contribution in [0, 0.1) is 13.8 Å². The van der Waals surface area contributed by atoms with Crippen LogP contribution < -0.4 is 5.32 Å². The molecule has 2 atom stereocenters. The number of carbonyl (C=O) groups excluding carboxylic acids is 1. The van der Waals surface area contributed by atoms with Crippen LogP contribution in [0.15, 0.2) is 18.2 Å². The fourth-order valence-corrected chi connectivity index (χ4v) is 2.13. The van der Waals surface area contributed by atoms with Gasteiger partial charge in [0.2, 0.25) is 0 Å². The van der Waals surface area contributed by atoms with Gasteiger partial charge < -0.3 is 14.8 Å². The second-order valence-corrected chi connectivity index (χ2v) is 4.71. The van der Waals surface area contributed by atoms with Gasteiger partial charge in [-0.05, 0) is 25.5 Å². The number of hydrogen-bond acceptors (Lipinski definition) is 3. The van der Waals surface area contributed by atoms with E-state index in [4.69, 9.17) is 9.47 Å². The van der Waals surface area contributed by atoms with Gasteiger partial charge in [-0.1, -0.05) is 17.7 Å². The van der Waals surface area contributed by atoms with Gasteiger partial charge in [-0.3, -0.25) is 4.79 Å². The van der Waals surface area contributed by atoms with Gasteiger partial charge in [-0.2, -0.15) is 0 Å². The number of ether oxygens (including phenoxy) is 2. The highest BCUT2D eigenvalue weighted by Gasteiger charge is 2.29. The molecule has 18 heavy (non-hydrogen) atoms. The number of benzene rings is 1. The molecule has 1 aromatic rings. The largest absolute Gasteiger partial charge is 0.377 e. The Morgan fingerprint density at radius 1 is 1.39 bits per heavy atom. The molecule has 0 saturated carbocycles.